The van der Waals surface area contributed by atoms with Crippen molar-refractivity contribution in [2.45, 2.75) is 32.4 Å². The second kappa shape index (κ2) is 9.06. The van der Waals surface area contributed by atoms with Crippen molar-refractivity contribution in [2.75, 3.05) is 32.2 Å². The van der Waals surface area contributed by atoms with Gasteiger partial charge in [0, 0.05) is 43.9 Å². The van der Waals surface area contributed by atoms with Crippen LogP contribution in [0.2, 0.25) is 0 Å². The summed E-state index contributed by atoms with van der Waals surface area (Å²) in [5.41, 5.74) is 1.84. The van der Waals surface area contributed by atoms with E-state index in [0.29, 0.717) is 0 Å². The molecule has 0 unspecified atom stereocenters. The maximum absolute atomic E-state index is 13.2. The molecule has 5 nitrogen and oxygen atoms in total. The van der Waals surface area contributed by atoms with Crippen LogP contribution >= 0.6 is 0 Å². The van der Waals surface area contributed by atoms with Crippen LogP contribution in [0.3, 0.4) is 0 Å². The molecule has 0 aliphatic carbocycles. The number of carbonyl (C=O) groups is 1. The van der Waals surface area contributed by atoms with Gasteiger partial charge in [0.25, 0.3) is 0 Å². The molecule has 1 heterocycles. The standard InChI is InChI=1S/C22H27FN2O3/c1-16(26)25(19-6-4-18(23)5-7-19)20-10-12-24(13-11-20)15-17-14-21(27-2)8-9-22(17)28-3/h4-9,14,20H,10-13,15H2,1-3H3. The van der Waals surface area contributed by atoms with Crippen LogP contribution in [0.1, 0.15) is 25.3 Å². The molecule has 0 N–H and O–H groups in total. The van der Waals surface area contributed by atoms with Crippen LogP contribution in [0, 0.1) is 5.82 Å². The summed E-state index contributed by atoms with van der Waals surface area (Å²) in [6.45, 7) is 4.08. The molecule has 0 spiro atoms. The average Bonchev–Trinajstić information content (AvgIpc) is 2.70. The van der Waals surface area contributed by atoms with Gasteiger partial charge in [-0.25, -0.2) is 4.39 Å². The highest BCUT2D eigenvalue weighted by atomic mass is 19.1. The maximum Gasteiger partial charge on any atom is 0.224 e. The number of piperidine rings is 1. The van der Waals surface area contributed by atoms with E-state index >= 15 is 0 Å². The molecule has 2 aromatic rings. The number of hydrogen-bond donors (Lipinski definition) is 0. The number of methoxy groups -OCH3 is 2. The Morgan fingerprint density at radius 2 is 1.79 bits per heavy atom. The molecule has 0 radical (unpaired) electrons. The molecular formula is C22H27FN2O3. The molecule has 0 atom stereocenters. The predicted octanol–water partition coefficient (Wildman–Crippen LogP) is 3.86. The molecule has 1 amide bonds. The molecule has 1 aliphatic heterocycles. The van der Waals surface area contributed by atoms with E-state index in [1.165, 1.54) is 12.1 Å². The molecule has 3 rings (SSSR count). The number of rotatable bonds is 6. The number of halogens is 1. The number of likely N-dealkylation sites (tertiary alicyclic amines) is 1. The first-order valence-corrected chi connectivity index (χ1v) is 9.50. The monoisotopic (exact) mass is 386 g/mol. The van der Waals surface area contributed by atoms with Gasteiger partial charge in [0.15, 0.2) is 0 Å². The molecule has 0 bridgehead atoms. The molecule has 1 aliphatic rings. The second-order valence-corrected chi connectivity index (χ2v) is 7.05. The fourth-order valence-electron chi connectivity index (χ4n) is 3.83. The van der Waals surface area contributed by atoms with E-state index in [0.717, 1.165) is 55.2 Å². The molecule has 2 aromatic carbocycles. The Labute approximate surface area is 165 Å². The lowest BCUT2D eigenvalue weighted by Gasteiger charge is -2.38. The van der Waals surface area contributed by atoms with Crippen LogP contribution in [-0.2, 0) is 11.3 Å². The highest BCUT2D eigenvalue weighted by Gasteiger charge is 2.27. The number of carbonyl (C=O) groups excluding carboxylic acids is 1. The highest BCUT2D eigenvalue weighted by Crippen LogP contribution is 2.28. The molecule has 1 fully saturated rings. The van der Waals surface area contributed by atoms with Gasteiger partial charge in [0.1, 0.15) is 17.3 Å². The third kappa shape index (κ3) is 4.62. The van der Waals surface area contributed by atoms with E-state index in [2.05, 4.69) is 4.90 Å². The van der Waals surface area contributed by atoms with Crippen molar-refractivity contribution < 1.29 is 18.7 Å². The quantitative estimate of drug-likeness (QED) is 0.756. The fraction of sp³-hybridized carbons (Fsp3) is 0.409. The van der Waals surface area contributed by atoms with Crippen molar-refractivity contribution >= 4 is 11.6 Å². The first-order valence-electron chi connectivity index (χ1n) is 9.50. The largest absolute Gasteiger partial charge is 0.497 e. The number of amides is 1. The van der Waals surface area contributed by atoms with Gasteiger partial charge >= 0.3 is 0 Å². The number of anilines is 1. The normalized spacial score (nSPS) is 15.3. The van der Waals surface area contributed by atoms with Crippen molar-refractivity contribution in [1.82, 2.24) is 4.90 Å². The summed E-state index contributed by atoms with van der Waals surface area (Å²) in [5, 5.41) is 0. The summed E-state index contributed by atoms with van der Waals surface area (Å²) in [4.78, 5) is 16.4. The maximum atomic E-state index is 13.2. The van der Waals surface area contributed by atoms with Crippen molar-refractivity contribution in [3.8, 4) is 11.5 Å². The van der Waals surface area contributed by atoms with Crippen LogP contribution in [-0.4, -0.2) is 44.2 Å². The van der Waals surface area contributed by atoms with Gasteiger partial charge in [-0.3, -0.25) is 9.69 Å². The van der Waals surface area contributed by atoms with E-state index in [4.69, 9.17) is 9.47 Å². The fourth-order valence-corrected chi connectivity index (χ4v) is 3.83. The first-order chi connectivity index (χ1) is 13.5. The molecule has 0 aromatic heterocycles. The summed E-state index contributed by atoms with van der Waals surface area (Å²) >= 11 is 0. The number of benzene rings is 2. The van der Waals surface area contributed by atoms with E-state index in [1.807, 2.05) is 18.2 Å². The Bertz CT molecular complexity index is 802. The van der Waals surface area contributed by atoms with Gasteiger partial charge in [0.2, 0.25) is 5.91 Å². The summed E-state index contributed by atoms with van der Waals surface area (Å²) < 4.78 is 24.0. The van der Waals surface area contributed by atoms with Crippen LogP contribution < -0.4 is 14.4 Å². The van der Waals surface area contributed by atoms with Crippen molar-refractivity contribution in [2.24, 2.45) is 0 Å². The molecular weight excluding hydrogens is 359 g/mol. The zero-order valence-electron chi connectivity index (χ0n) is 16.7. The summed E-state index contributed by atoms with van der Waals surface area (Å²) in [6.07, 6.45) is 1.73. The second-order valence-electron chi connectivity index (χ2n) is 7.05. The van der Waals surface area contributed by atoms with Gasteiger partial charge in [-0.15, -0.1) is 0 Å². The van der Waals surface area contributed by atoms with Crippen LogP contribution in [0.4, 0.5) is 10.1 Å². The lowest BCUT2D eigenvalue weighted by Crippen LogP contribution is -2.46. The van der Waals surface area contributed by atoms with Gasteiger partial charge in [-0.05, 0) is 55.3 Å². The Morgan fingerprint density at radius 3 is 2.36 bits per heavy atom. The Balaban J connectivity index is 1.66. The zero-order chi connectivity index (χ0) is 20.1. The SMILES string of the molecule is COc1ccc(OC)c(CN2CCC(N(C(C)=O)c3ccc(F)cc3)CC2)c1. The lowest BCUT2D eigenvalue weighted by molar-refractivity contribution is -0.117. The smallest absolute Gasteiger partial charge is 0.224 e. The van der Waals surface area contributed by atoms with Gasteiger partial charge in [-0.1, -0.05) is 0 Å². The summed E-state index contributed by atoms with van der Waals surface area (Å²) in [5.74, 6) is 1.35. The van der Waals surface area contributed by atoms with E-state index < -0.39 is 0 Å². The summed E-state index contributed by atoms with van der Waals surface area (Å²) in [7, 11) is 3.33. The van der Waals surface area contributed by atoms with E-state index in [-0.39, 0.29) is 17.8 Å². The Kier molecular flexibility index (Phi) is 6.52. The predicted molar refractivity (Wildman–Crippen MR) is 107 cm³/mol. The summed E-state index contributed by atoms with van der Waals surface area (Å²) in [6, 6.07) is 12.1. The number of ether oxygens (including phenoxy) is 2. The van der Waals surface area contributed by atoms with Crippen molar-refractivity contribution in [3.63, 3.8) is 0 Å². The zero-order valence-corrected chi connectivity index (χ0v) is 16.7. The van der Waals surface area contributed by atoms with Gasteiger partial charge in [-0.2, -0.15) is 0 Å². The van der Waals surface area contributed by atoms with Crippen molar-refractivity contribution in [1.29, 1.82) is 0 Å². The highest BCUT2D eigenvalue weighted by molar-refractivity contribution is 5.92. The topological polar surface area (TPSA) is 42.0 Å². The van der Waals surface area contributed by atoms with Crippen LogP contribution in [0.25, 0.3) is 0 Å². The molecule has 0 saturated carbocycles. The average molecular weight is 386 g/mol. The number of hydrogen-bond acceptors (Lipinski definition) is 4. The minimum absolute atomic E-state index is 0.0143. The van der Waals surface area contributed by atoms with Gasteiger partial charge in [0.05, 0.1) is 14.2 Å². The Hall–Kier alpha value is -2.60. The Morgan fingerprint density at radius 1 is 1.11 bits per heavy atom. The molecule has 1 saturated heterocycles. The van der Waals surface area contributed by atoms with Gasteiger partial charge < -0.3 is 14.4 Å². The lowest BCUT2D eigenvalue weighted by atomic mass is 10.0. The van der Waals surface area contributed by atoms with Crippen molar-refractivity contribution in [3.05, 3.63) is 53.8 Å². The van der Waals surface area contributed by atoms with Crippen LogP contribution in [0.15, 0.2) is 42.5 Å². The first kappa shape index (κ1) is 20.1. The van der Waals surface area contributed by atoms with E-state index in [9.17, 15) is 9.18 Å². The third-order valence-electron chi connectivity index (χ3n) is 5.25. The molecule has 150 valence electrons. The minimum atomic E-state index is -0.297. The van der Waals surface area contributed by atoms with Crippen LogP contribution in [0.5, 0.6) is 11.5 Å². The van der Waals surface area contributed by atoms with E-state index in [1.54, 1.807) is 38.2 Å². The number of nitrogens with zero attached hydrogens (tertiary/aromatic N) is 2. The minimum Gasteiger partial charge on any atom is -0.497 e. The molecule has 28 heavy (non-hydrogen) atoms. The third-order valence-corrected chi connectivity index (χ3v) is 5.25. The molecule has 6 heteroatoms.